The second-order valence-electron chi connectivity index (χ2n) is 3.54. The highest BCUT2D eigenvalue weighted by atomic mass is 16.5. The van der Waals surface area contributed by atoms with E-state index >= 15 is 0 Å². The molecular weight excluding hydrogens is 238 g/mol. The number of nitrogen functional groups attached to an aromatic ring is 1. The van der Waals surface area contributed by atoms with Crippen molar-refractivity contribution in [3.63, 3.8) is 0 Å². The number of nitrogens with one attached hydrogen (secondary N) is 1. The number of nitrogens with zero attached hydrogens (tertiary/aromatic N) is 3. The Morgan fingerprint density at radius 2 is 2.17 bits per heavy atom. The third kappa shape index (κ3) is 4.68. The van der Waals surface area contributed by atoms with Gasteiger partial charge in [-0.2, -0.15) is 15.0 Å². The fourth-order valence-electron chi connectivity index (χ4n) is 1.28. The zero-order chi connectivity index (χ0) is 13.4. The van der Waals surface area contributed by atoms with Crippen molar-refractivity contribution in [3.8, 4) is 6.01 Å². The minimum absolute atomic E-state index is 0.0566. The summed E-state index contributed by atoms with van der Waals surface area (Å²) >= 11 is 0. The van der Waals surface area contributed by atoms with Crippen LogP contribution in [0.4, 0.5) is 11.9 Å². The first-order valence-electron chi connectivity index (χ1n) is 5.70. The summed E-state index contributed by atoms with van der Waals surface area (Å²) in [5, 5.41) is 12.2. The van der Waals surface area contributed by atoms with Gasteiger partial charge in [0.2, 0.25) is 11.9 Å². The van der Waals surface area contributed by atoms with E-state index in [4.69, 9.17) is 15.2 Å². The smallest absolute Gasteiger partial charge is 0.323 e. The van der Waals surface area contributed by atoms with Crippen LogP contribution in [-0.2, 0) is 4.74 Å². The molecule has 0 saturated carbocycles. The lowest BCUT2D eigenvalue weighted by atomic mass is 10.2. The van der Waals surface area contributed by atoms with Gasteiger partial charge in [0.15, 0.2) is 0 Å². The van der Waals surface area contributed by atoms with E-state index in [2.05, 4.69) is 20.3 Å². The number of ether oxygens (including phenoxy) is 2. The van der Waals surface area contributed by atoms with Crippen molar-refractivity contribution >= 4 is 11.9 Å². The summed E-state index contributed by atoms with van der Waals surface area (Å²) in [4.78, 5) is 11.8. The van der Waals surface area contributed by atoms with Gasteiger partial charge in [-0.25, -0.2) is 0 Å². The van der Waals surface area contributed by atoms with Gasteiger partial charge in [0, 0.05) is 13.7 Å². The topological polar surface area (TPSA) is 115 Å². The lowest BCUT2D eigenvalue weighted by Gasteiger charge is -2.15. The van der Waals surface area contributed by atoms with E-state index < -0.39 is 0 Å². The van der Waals surface area contributed by atoms with E-state index in [0.717, 1.165) is 0 Å². The molecule has 4 N–H and O–H groups in total. The van der Waals surface area contributed by atoms with E-state index in [1.807, 2.05) is 6.92 Å². The molecular formula is C10H19N5O3. The van der Waals surface area contributed by atoms with Crippen LogP contribution in [0.1, 0.15) is 13.3 Å². The van der Waals surface area contributed by atoms with Crippen molar-refractivity contribution in [1.82, 2.24) is 15.0 Å². The number of hydrogen-bond donors (Lipinski definition) is 3. The highest BCUT2D eigenvalue weighted by molar-refractivity contribution is 5.33. The van der Waals surface area contributed by atoms with Crippen molar-refractivity contribution in [3.05, 3.63) is 0 Å². The first-order chi connectivity index (χ1) is 8.69. The molecule has 0 spiro atoms. The Balaban J connectivity index is 2.69. The number of rotatable bonds is 8. The largest absolute Gasteiger partial charge is 0.464 e. The number of methoxy groups -OCH3 is 1. The van der Waals surface area contributed by atoms with E-state index in [0.29, 0.717) is 19.6 Å². The van der Waals surface area contributed by atoms with Gasteiger partial charge in [0.05, 0.1) is 19.3 Å². The third-order valence-electron chi connectivity index (χ3n) is 2.13. The molecule has 102 valence electrons. The average molecular weight is 257 g/mol. The fraction of sp³-hybridized carbons (Fsp3) is 0.700. The molecule has 0 aliphatic heterocycles. The number of aromatic nitrogens is 3. The van der Waals surface area contributed by atoms with Crippen LogP contribution in [-0.4, -0.2) is 53.0 Å². The summed E-state index contributed by atoms with van der Waals surface area (Å²) in [6, 6.07) is -0.0443. The van der Waals surface area contributed by atoms with Crippen molar-refractivity contribution in [2.75, 3.05) is 38.0 Å². The molecule has 8 heteroatoms. The number of aliphatic hydroxyl groups excluding tert-OH is 1. The number of aliphatic hydroxyl groups is 1. The zero-order valence-electron chi connectivity index (χ0n) is 10.6. The Labute approximate surface area is 106 Å². The Hall–Kier alpha value is -1.67. The standard InChI is InChI=1S/C10H19N5O3/c1-3-18-10-14-8(11)13-9(15-10)12-7(6-16)4-5-17-2/h7,16H,3-6H2,1-2H3,(H3,11,12,13,14,15). The summed E-state index contributed by atoms with van der Waals surface area (Å²) in [7, 11) is 1.60. The molecule has 1 heterocycles. The Bertz CT molecular complexity index is 363. The van der Waals surface area contributed by atoms with Crippen LogP contribution < -0.4 is 15.8 Å². The summed E-state index contributed by atoms with van der Waals surface area (Å²) in [6.45, 7) is 2.73. The highest BCUT2D eigenvalue weighted by Crippen LogP contribution is 2.10. The molecule has 8 nitrogen and oxygen atoms in total. The van der Waals surface area contributed by atoms with Gasteiger partial charge in [0.1, 0.15) is 0 Å². The van der Waals surface area contributed by atoms with Crippen LogP contribution in [0.3, 0.4) is 0 Å². The lowest BCUT2D eigenvalue weighted by molar-refractivity contribution is 0.174. The second kappa shape index (κ2) is 7.62. The third-order valence-corrected chi connectivity index (χ3v) is 2.13. The Morgan fingerprint density at radius 3 is 2.78 bits per heavy atom. The predicted molar refractivity (Wildman–Crippen MR) is 66.4 cm³/mol. The summed E-state index contributed by atoms with van der Waals surface area (Å²) in [5.74, 6) is 0.348. The molecule has 1 atom stereocenters. The van der Waals surface area contributed by atoms with Gasteiger partial charge in [-0.05, 0) is 13.3 Å². The zero-order valence-corrected chi connectivity index (χ0v) is 10.6. The molecule has 1 aromatic rings. The van der Waals surface area contributed by atoms with Crippen LogP contribution in [0.25, 0.3) is 0 Å². The molecule has 0 aromatic carbocycles. The number of hydrogen-bond acceptors (Lipinski definition) is 8. The summed E-state index contributed by atoms with van der Waals surface area (Å²) in [5.41, 5.74) is 5.54. The van der Waals surface area contributed by atoms with E-state index in [-0.39, 0.29) is 30.6 Å². The molecule has 0 saturated heterocycles. The summed E-state index contributed by atoms with van der Waals surface area (Å²) < 4.78 is 10.1. The molecule has 0 bridgehead atoms. The molecule has 1 aromatic heterocycles. The maximum Gasteiger partial charge on any atom is 0.323 e. The van der Waals surface area contributed by atoms with Gasteiger partial charge in [-0.3, -0.25) is 0 Å². The van der Waals surface area contributed by atoms with Gasteiger partial charge >= 0.3 is 6.01 Å². The van der Waals surface area contributed by atoms with Gasteiger partial charge in [0.25, 0.3) is 0 Å². The molecule has 0 fully saturated rings. The first-order valence-corrected chi connectivity index (χ1v) is 5.70. The van der Waals surface area contributed by atoms with Crippen molar-refractivity contribution in [1.29, 1.82) is 0 Å². The molecule has 0 aliphatic carbocycles. The minimum atomic E-state index is -0.207. The summed E-state index contributed by atoms with van der Waals surface area (Å²) in [6.07, 6.45) is 0.628. The Kier molecular flexibility index (Phi) is 6.09. The van der Waals surface area contributed by atoms with E-state index in [9.17, 15) is 5.11 Å². The normalized spacial score (nSPS) is 12.2. The van der Waals surface area contributed by atoms with E-state index in [1.165, 1.54) is 0 Å². The molecule has 0 amide bonds. The lowest BCUT2D eigenvalue weighted by Crippen LogP contribution is -2.26. The quantitative estimate of drug-likeness (QED) is 0.579. The molecule has 0 aliphatic rings. The maximum atomic E-state index is 9.20. The molecule has 0 radical (unpaired) electrons. The van der Waals surface area contributed by atoms with Crippen LogP contribution in [0.15, 0.2) is 0 Å². The Morgan fingerprint density at radius 1 is 1.39 bits per heavy atom. The monoisotopic (exact) mass is 257 g/mol. The van der Waals surface area contributed by atoms with Crippen LogP contribution in [0.2, 0.25) is 0 Å². The highest BCUT2D eigenvalue weighted by Gasteiger charge is 2.11. The van der Waals surface area contributed by atoms with Crippen LogP contribution >= 0.6 is 0 Å². The molecule has 18 heavy (non-hydrogen) atoms. The van der Waals surface area contributed by atoms with Crippen molar-refractivity contribution in [2.45, 2.75) is 19.4 Å². The minimum Gasteiger partial charge on any atom is -0.464 e. The van der Waals surface area contributed by atoms with Gasteiger partial charge < -0.3 is 25.6 Å². The average Bonchev–Trinajstić information content (AvgIpc) is 2.34. The van der Waals surface area contributed by atoms with Crippen molar-refractivity contribution in [2.24, 2.45) is 0 Å². The fourth-order valence-corrected chi connectivity index (χ4v) is 1.28. The van der Waals surface area contributed by atoms with Crippen molar-refractivity contribution < 1.29 is 14.6 Å². The maximum absolute atomic E-state index is 9.20. The van der Waals surface area contributed by atoms with Crippen LogP contribution in [0, 0.1) is 0 Å². The van der Waals surface area contributed by atoms with Crippen LogP contribution in [0.5, 0.6) is 6.01 Å². The predicted octanol–water partition coefficient (Wildman–Crippen LogP) is -0.338. The molecule has 1 rings (SSSR count). The van der Waals surface area contributed by atoms with Gasteiger partial charge in [-0.1, -0.05) is 0 Å². The van der Waals surface area contributed by atoms with E-state index in [1.54, 1.807) is 7.11 Å². The van der Waals surface area contributed by atoms with Gasteiger partial charge in [-0.15, -0.1) is 0 Å². The second-order valence-corrected chi connectivity index (χ2v) is 3.54. The SMILES string of the molecule is CCOc1nc(N)nc(NC(CO)CCOC)n1. The molecule has 1 unspecified atom stereocenters. The number of anilines is 2. The number of nitrogens with two attached hydrogens (primary N) is 1. The first kappa shape index (κ1) is 14.4.